The molecular formula is C27H34N4O4. The van der Waals surface area contributed by atoms with Gasteiger partial charge in [-0.25, -0.2) is 4.79 Å². The Labute approximate surface area is 206 Å². The molecule has 3 aromatic rings. The standard InChI is InChI=1S/C27H34N4O4/c1-17-10-8-12-19-21(17)30(7)29-23(19)27(5,6)28-24(32)20-13-9-11-18-16-31(14-15-34-22(18)20)25(33)35-26(2,3)4/h8-13H,14-16H2,1-7H3,(H,28,32). The molecule has 2 aromatic carbocycles. The van der Waals surface area contributed by atoms with Gasteiger partial charge >= 0.3 is 6.09 Å². The molecule has 186 valence electrons. The van der Waals surface area contributed by atoms with E-state index in [4.69, 9.17) is 14.6 Å². The van der Waals surface area contributed by atoms with Crippen LogP contribution in [0.25, 0.3) is 10.9 Å². The number of fused-ring (bicyclic) bond motifs is 2. The normalized spacial score (nSPS) is 14.2. The van der Waals surface area contributed by atoms with Crippen LogP contribution in [0.5, 0.6) is 5.75 Å². The Bertz CT molecular complexity index is 1290. The Morgan fingerprint density at radius 3 is 2.51 bits per heavy atom. The summed E-state index contributed by atoms with van der Waals surface area (Å²) in [6, 6.07) is 11.5. The van der Waals surface area contributed by atoms with Crippen LogP contribution in [0.3, 0.4) is 0 Å². The fourth-order valence-electron chi connectivity index (χ4n) is 4.49. The van der Waals surface area contributed by atoms with E-state index in [1.54, 1.807) is 11.0 Å². The zero-order chi connectivity index (χ0) is 25.5. The second-order valence-corrected chi connectivity index (χ2v) is 10.6. The van der Waals surface area contributed by atoms with Crippen molar-refractivity contribution in [2.45, 2.75) is 59.2 Å². The molecule has 35 heavy (non-hydrogen) atoms. The summed E-state index contributed by atoms with van der Waals surface area (Å²) in [6.45, 7) is 12.4. The van der Waals surface area contributed by atoms with E-state index >= 15 is 0 Å². The van der Waals surface area contributed by atoms with Gasteiger partial charge in [0.15, 0.2) is 0 Å². The lowest BCUT2D eigenvalue weighted by Gasteiger charge is -2.26. The predicted molar refractivity (Wildman–Crippen MR) is 135 cm³/mol. The third kappa shape index (κ3) is 4.97. The Morgan fingerprint density at radius 1 is 1.09 bits per heavy atom. The first-order valence-electron chi connectivity index (χ1n) is 11.9. The second kappa shape index (κ2) is 8.91. The summed E-state index contributed by atoms with van der Waals surface area (Å²) >= 11 is 0. The molecule has 4 rings (SSSR count). The fraction of sp³-hybridized carbons (Fsp3) is 0.444. The number of amides is 2. The molecule has 0 fully saturated rings. The summed E-state index contributed by atoms with van der Waals surface area (Å²) in [5.41, 5.74) is 2.84. The molecule has 1 aliphatic heterocycles. The van der Waals surface area contributed by atoms with Crippen LogP contribution in [0.4, 0.5) is 4.79 Å². The largest absolute Gasteiger partial charge is 0.491 e. The van der Waals surface area contributed by atoms with Gasteiger partial charge in [-0.2, -0.15) is 5.10 Å². The Kier molecular flexibility index (Phi) is 6.25. The van der Waals surface area contributed by atoms with Gasteiger partial charge in [0.05, 0.1) is 35.4 Å². The second-order valence-electron chi connectivity index (χ2n) is 10.6. The average molecular weight is 479 g/mol. The maximum atomic E-state index is 13.5. The number of aromatic nitrogens is 2. The molecule has 0 saturated heterocycles. The van der Waals surface area contributed by atoms with Gasteiger partial charge in [-0.05, 0) is 53.2 Å². The molecule has 0 aliphatic carbocycles. The zero-order valence-electron chi connectivity index (χ0n) is 21.6. The van der Waals surface area contributed by atoms with E-state index in [2.05, 4.69) is 18.3 Å². The Morgan fingerprint density at radius 2 is 1.80 bits per heavy atom. The molecule has 1 aliphatic rings. The highest BCUT2D eigenvalue weighted by molar-refractivity contribution is 5.98. The number of ether oxygens (including phenoxy) is 2. The summed E-state index contributed by atoms with van der Waals surface area (Å²) < 4.78 is 13.4. The van der Waals surface area contributed by atoms with Crippen LogP contribution < -0.4 is 10.1 Å². The van der Waals surface area contributed by atoms with Crippen molar-refractivity contribution in [3.05, 3.63) is 58.8 Å². The number of carbonyl (C=O) groups is 2. The van der Waals surface area contributed by atoms with Crippen molar-refractivity contribution in [3.63, 3.8) is 0 Å². The molecule has 1 aromatic heterocycles. The first-order chi connectivity index (χ1) is 16.4. The minimum atomic E-state index is -0.736. The summed E-state index contributed by atoms with van der Waals surface area (Å²) in [7, 11) is 1.91. The number of rotatable bonds is 3. The minimum Gasteiger partial charge on any atom is -0.491 e. The van der Waals surface area contributed by atoms with Gasteiger partial charge in [0.25, 0.3) is 5.91 Å². The van der Waals surface area contributed by atoms with Gasteiger partial charge in [0.2, 0.25) is 0 Å². The van der Waals surface area contributed by atoms with Crippen LogP contribution in [0.15, 0.2) is 36.4 Å². The Hall–Kier alpha value is -3.55. The summed E-state index contributed by atoms with van der Waals surface area (Å²) in [6.07, 6.45) is -0.401. The van der Waals surface area contributed by atoms with E-state index in [-0.39, 0.29) is 12.5 Å². The van der Waals surface area contributed by atoms with E-state index in [0.29, 0.717) is 24.4 Å². The van der Waals surface area contributed by atoms with Crippen molar-refractivity contribution >= 4 is 22.9 Å². The lowest BCUT2D eigenvalue weighted by atomic mass is 9.95. The van der Waals surface area contributed by atoms with Gasteiger partial charge in [-0.3, -0.25) is 9.48 Å². The molecule has 2 amide bonds. The lowest BCUT2D eigenvalue weighted by Crippen LogP contribution is -2.41. The third-order valence-corrected chi connectivity index (χ3v) is 6.05. The van der Waals surface area contributed by atoms with E-state index in [1.807, 2.05) is 70.6 Å². The first kappa shape index (κ1) is 24.6. The number of para-hydroxylation sites is 2. The van der Waals surface area contributed by atoms with Crippen LogP contribution in [0, 0.1) is 6.92 Å². The van der Waals surface area contributed by atoms with Crippen molar-refractivity contribution in [1.82, 2.24) is 20.0 Å². The van der Waals surface area contributed by atoms with Crippen molar-refractivity contribution in [2.24, 2.45) is 7.05 Å². The number of hydrogen-bond donors (Lipinski definition) is 1. The molecule has 0 atom stereocenters. The van der Waals surface area contributed by atoms with Crippen LogP contribution in [-0.2, 0) is 23.9 Å². The van der Waals surface area contributed by atoms with Gasteiger partial charge in [-0.15, -0.1) is 0 Å². The maximum Gasteiger partial charge on any atom is 0.410 e. The highest BCUT2D eigenvalue weighted by Gasteiger charge is 2.32. The van der Waals surface area contributed by atoms with Gasteiger partial charge in [0.1, 0.15) is 18.0 Å². The molecule has 2 heterocycles. The van der Waals surface area contributed by atoms with Crippen LogP contribution in [0.1, 0.15) is 61.8 Å². The number of hydrogen-bond acceptors (Lipinski definition) is 5. The molecule has 0 unspecified atom stereocenters. The summed E-state index contributed by atoms with van der Waals surface area (Å²) in [5.74, 6) is 0.234. The van der Waals surface area contributed by atoms with Crippen LogP contribution in [0.2, 0.25) is 0 Å². The third-order valence-electron chi connectivity index (χ3n) is 6.05. The number of aryl methyl sites for hydroxylation is 2. The van der Waals surface area contributed by atoms with Crippen molar-refractivity contribution in [3.8, 4) is 5.75 Å². The van der Waals surface area contributed by atoms with Gasteiger partial charge in [0, 0.05) is 18.0 Å². The van der Waals surface area contributed by atoms with E-state index < -0.39 is 17.2 Å². The lowest BCUT2D eigenvalue weighted by molar-refractivity contribution is 0.0225. The number of benzene rings is 2. The van der Waals surface area contributed by atoms with E-state index in [0.717, 1.165) is 27.7 Å². The molecule has 0 bridgehead atoms. The Balaban J connectivity index is 1.61. The fourth-order valence-corrected chi connectivity index (χ4v) is 4.49. The minimum absolute atomic E-state index is 0.260. The summed E-state index contributed by atoms with van der Waals surface area (Å²) in [4.78, 5) is 27.7. The van der Waals surface area contributed by atoms with Crippen molar-refractivity contribution in [1.29, 1.82) is 0 Å². The van der Waals surface area contributed by atoms with Crippen molar-refractivity contribution < 1.29 is 19.1 Å². The maximum absolute atomic E-state index is 13.5. The molecule has 8 nitrogen and oxygen atoms in total. The first-order valence-corrected chi connectivity index (χ1v) is 11.9. The van der Waals surface area contributed by atoms with Crippen molar-refractivity contribution in [2.75, 3.05) is 13.2 Å². The van der Waals surface area contributed by atoms with Gasteiger partial charge in [-0.1, -0.05) is 30.3 Å². The van der Waals surface area contributed by atoms with Crippen LogP contribution >= 0.6 is 0 Å². The topological polar surface area (TPSA) is 85.7 Å². The molecular weight excluding hydrogens is 444 g/mol. The molecule has 0 spiro atoms. The zero-order valence-corrected chi connectivity index (χ0v) is 21.6. The average Bonchev–Trinajstić information content (AvgIpc) is 2.96. The van der Waals surface area contributed by atoms with E-state index in [1.165, 1.54) is 0 Å². The monoisotopic (exact) mass is 478 g/mol. The number of nitrogens with one attached hydrogen (secondary N) is 1. The predicted octanol–water partition coefficient (Wildman–Crippen LogP) is 4.68. The molecule has 0 saturated carbocycles. The highest BCUT2D eigenvalue weighted by atomic mass is 16.6. The van der Waals surface area contributed by atoms with Crippen LogP contribution in [-0.4, -0.2) is 45.4 Å². The molecule has 1 N–H and O–H groups in total. The van der Waals surface area contributed by atoms with E-state index in [9.17, 15) is 9.59 Å². The van der Waals surface area contributed by atoms with Gasteiger partial charge < -0.3 is 19.7 Å². The number of nitrogens with zero attached hydrogens (tertiary/aromatic N) is 3. The number of carbonyl (C=O) groups excluding carboxylic acids is 2. The highest BCUT2D eigenvalue weighted by Crippen LogP contribution is 2.32. The summed E-state index contributed by atoms with van der Waals surface area (Å²) in [5, 5.41) is 8.90. The SMILES string of the molecule is Cc1cccc2c(C(C)(C)NC(=O)c3cccc4c3OCCN(C(=O)OC(C)(C)C)C4)nn(C)c12. The molecule has 0 radical (unpaired) electrons. The molecule has 8 heteroatoms. The quantitative estimate of drug-likeness (QED) is 0.591. The smallest absolute Gasteiger partial charge is 0.410 e.